The van der Waals surface area contributed by atoms with E-state index in [0.717, 1.165) is 12.1 Å². The summed E-state index contributed by atoms with van der Waals surface area (Å²) in [6.07, 6.45) is -0.0309. The Labute approximate surface area is 112 Å². The maximum absolute atomic E-state index is 13.2. The van der Waals surface area contributed by atoms with Crippen molar-refractivity contribution in [2.45, 2.75) is 12.5 Å². The lowest BCUT2D eigenvalue weighted by Crippen LogP contribution is -2.23. The zero-order valence-corrected chi connectivity index (χ0v) is 11.0. The van der Waals surface area contributed by atoms with Crippen LogP contribution in [0, 0.1) is 5.82 Å². The molecule has 0 fully saturated rings. The molecule has 108 valence electrons. The number of nitrogens with one attached hydrogen (secondary N) is 2. The van der Waals surface area contributed by atoms with Crippen molar-refractivity contribution in [2.75, 3.05) is 44.0 Å². The zero-order chi connectivity index (χ0) is 14.1. The monoisotopic (exact) mass is 272 g/mol. The van der Waals surface area contributed by atoms with Crippen LogP contribution in [0.15, 0.2) is 18.2 Å². The van der Waals surface area contributed by atoms with Crippen LogP contribution in [0.4, 0.5) is 15.8 Å². The zero-order valence-electron chi connectivity index (χ0n) is 11.0. The van der Waals surface area contributed by atoms with Crippen molar-refractivity contribution >= 4 is 11.4 Å². The molecule has 0 saturated heterocycles. The van der Waals surface area contributed by atoms with E-state index in [1.165, 1.54) is 12.1 Å². The van der Waals surface area contributed by atoms with Gasteiger partial charge in [-0.25, -0.2) is 4.39 Å². The van der Waals surface area contributed by atoms with Crippen molar-refractivity contribution in [3.05, 3.63) is 24.0 Å². The molecule has 0 aromatic heterocycles. The Balaban J connectivity index is 2.58. The van der Waals surface area contributed by atoms with Crippen LogP contribution in [0.3, 0.4) is 0 Å². The smallest absolute Gasteiger partial charge is 0.125 e. The molecule has 0 aliphatic rings. The van der Waals surface area contributed by atoms with E-state index in [4.69, 9.17) is 9.84 Å². The summed E-state index contributed by atoms with van der Waals surface area (Å²) in [4.78, 5) is 0. The normalized spacial score (nSPS) is 12.2. The number of anilines is 2. The van der Waals surface area contributed by atoms with E-state index in [0.29, 0.717) is 18.8 Å². The molecule has 1 atom stereocenters. The van der Waals surface area contributed by atoms with Crippen molar-refractivity contribution < 1.29 is 19.3 Å². The van der Waals surface area contributed by atoms with E-state index in [9.17, 15) is 9.50 Å². The lowest BCUT2D eigenvalue weighted by atomic mass is 10.2. The van der Waals surface area contributed by atoms with Gasteiger partial charge in [-0.1, -0.05) is 0 Å². The average molecular weight is 272 g/mol. The first-order valence-electron chi connectivity index (χ1n) is 6.22. The highest BCUT2D eigenvalue weighted by Crippen LogP contribution is 2.22. The van der Waals surface area contributed by atoms with Gasteiger partial charge in [-0.3, -0.25) is 0 Å². The van der Waals surface area contributed by atoms with E-state index < -0.39 is 6.10 Å². The summed E-state index contributed by atoms with van der Waals surface area (Å²) in [5.74, 6) is -0.358. The number of rotatable bonds is 9. The van der Waals surface area contributed by atoms with Crippen LogP contribution in [0.5, 0.6) is 0 Å². The van der Waals surface area contributed by atoms with Gasteiger partial charge in [-0.15, -0.1) is 0 Å². The number of hydrogen-bond donors (Lipinski definition) is 4. The molecule has 0 saturated carbocycles. The number of halogens is 1. The topological polar surface area (TPSA) is 73.8 Å². The first-order chi connectivity index (χ1) is 9.17. The molecule has 5 nitrogen and oxygen atoms in total. The first-order valence-corrected chi connectivity index (χ1v) is 6.22. The Morgan fingerprint density at radius 2 is 2.11 bits per heavy atom. The Morgan fingerprint density at radius 3 is 2.79 bits per heavy atom. The molecule has 6 heteroatoms. The lowest BCUT2D eigenvalue weighted by molar-refractivity contribution is 0.105. The Morgan fingerprint density at radius 1 is 1.32 bits per heavy atom. The second-order valence-corrected chi connectivity index (χ2v) is 4.18. The molecule has 0 radical (unpaired) electrons. The third-order valence-electron chi connectivity index (χ3n) is 2.56. The maximum atomic E-state index is 13.2. The van der Waals surface area contributed by atoms with E-state index in [1.54, 1.807) is 13.2 Å². The molecule has 0 spiro atoms. The van der Waals surface area contributed by atoms with Gasteiger partial charge in [-0.2, -0.15) is 0 Å². The molecular weight excluding hydrogens is 251 g/mol. The third-order valence-corrected chi connectivity index (χ3v) is 2.56. The van der Waals surface area contributed by atoms with Crippen LogP contribution in [-0.2, 0) is 4.74 Å². The van der Waals surface area contributed by atoms with Gasteiger partial charge in [0.15, 0.2) is 0 Å². The minimum absolute atomic E-state index is 0.159. The van der Waals surface area contributed by atoms with Crippen LogP contribution in [0.1, 0.15) is 6.42 Å². The molecule has 1 unspecified atom stereocenters. The van der Waals surface area contributed by atoms with Crippen molar-refractivity contribution in [1.29, 1.82) is 0 Å². The van der Waals surface area contributed by atoms with E-state index in [2.05, 4.69) is 10.6 Å². The van der Waals surface area contributed by atoms with Gasteiger partial charge in [0.1, 0.15) is 5.82 Å². The van der Waals surface area contributed by atoms with Gasteiger partial charge in [0.25, 0.3) is 0 Å². The predicted molar refractivity (Wildman–Crippen MR) is 73.0 cm³/mol. The molecule has 0 amide bonds. The predicted octanol–water partition coefficient (Wildman–Crippen LogP) is 1.04. The molecule has 4 N–H and O–H groups in total. The number of aliphatic hydroxyl groups is 2. The summed E-state index contributed by atoms with van der Waals surface area (Å²) in [5, 5.41) is 24.1. The lowest BCUT2D eigenvalue weighted by Gasteiger charge is -2.15. The second-order valence-electron chi connectivity index (χ2n) is 4.18. The number of ether oxygens (including phenoxy) is 1. The average Bonchev–Trinajstić information content (AvgIpc) is 2.42. The fourth-order valence-electron chi connectivity index (χ4n) is 1.55. The summed E-state index contributed by atoms with van der Waals surface area (Å²) in [6.45, 7) is 1.18. The van der Waals surface area contributed by atoms with Gasteiger partial charge >= 0.3 is 0 Å². The van der Waals surface area contributed by atoms with E-state index in [-0.39, 0.29) is 19.0 Å². The van der Waals surface area contributed by atoms with Crippen molar-refractivity contribution in [1.82, 2.24) is 0 Å². The molecule has 1 aromatic rings. The number of benzene rings is 1. The number of methoxy groups -OCH3 is 1. The molecule has 1 aromatic carbocycles. The van der Waals surface area contributed by atoms with Gasteiger partial charge in [-0.05, 0) is 24.6 Å². The summed E-state index contributed by atoms with van der Waals surface area (Å²) in [5.41, 5.74) is 1.31. The standard InChI is InChI=1S/C13H21FN2O3/c1-19-6-2-5-15-12-4-3-10(14)7-13(12)16-8-11(18)9-17/h3-4,7,11,15-18H,2,5-6,8-9H2,1H3. The molecule has 0 heterocycles. The van der Waals surface area contributed by atoms with Crippen LogP contribution < -0.4 is 10.6 Å². The van der Waals surface area contributed by atoms with Gasteiger partial charge in [0, 0.05) is 26.8 Å². The summed E-state index contributed by atoms with van der Waals surface area (Å²) >= 11 is 0. The summed E-state index contributed by atoms with van der Waals surface area (Å²) < 4.78 is 18.1. The van der Waals surface area contributed by atoms with Crippen LogP contribution >= 0.6 is 0 Å². The number of hydrogen-bond acceptors (Lipinski definition) is 5. The van der Waals surface area contributed by atoms with E-state index in [1.807, 2.05) is 0 Å². The third kappa shape index (κ3) is 5.87. The van der Waals surface area contributed by atoms with Crippen LogP contribution in [-0.4, -0.2) is 49.7 Å². The molecule has 0 bridgehead atoms. The van der Waals surface area contributed by atoms with Gasteiger partial charge in [0.05, 0.1) is 24.1 Å². The quantitative estimate of drug-likeness (QED) is 0.506. The van der Waals surface area contributed by atoms with Crippen molar-refractivity contribution in [3.8, 4) is 0 Å². The van der Waals surface area contributed by atoms with Crippen molar-refractivity contribution in [2.24, 2.45) is 0 Å². The second kappa shape index (κ2) is 8.68. The fourth-order valence-corrected chi connectivity index (χ4v) is 1.55. The summed E-state index contributed by atoms with van der Waals surface area (Å²) in [7, 11) is 1.64. The highest BCUT2D eigenvalue weighted by molar-refractivity contribution is 5.68. The number of aliphatic hydroxyl groups excluding tert-OH is 2. The van der Waals surface area contributed by atoms with Crippen molar-refractivity contribution in [3.63, 3.8) is 0 Å². The fraction of sp³-hybridized carbons (Fsp3) is 0.538. The largest absolute Gasteiger partial charge is 0.394 e. The molecule has 0 aliphatic carbocycles. The Kier molecular flexibility index (Phi) is 7.17. The molecule has 19 heavy (non-hydrogen) atoms. The van der Waals surface area contributed by atoms with Gasteiger partial charge in [0.2, 0.25) is 0 Å². The van der Waals surface area contributed by atoms with E-state index >= 15 is 0 Å². The molecular formula is C13H21FN2O3. The van der Waals surface area contributed by atoms with Crippen LogP contribution in [0.25, 0.3) is 0 Å². The summed E-state index contributed by atoms with van der Waals surface area (Å²) in [6, 6.07) is 4.35. The minimum atomic E-state index is -0.871. The Bertz CT molecular complexity index is 377. The highest BCUT2D eigenvalue weighted by atomic mass is 19.1. The first kappa shape index (κ1) is 15.7. The molecule has 0 aliphatic heterocycles. The minimum Gasteiger partial charge on any atom is -0.394 e. The molecule has 1 rings (SSSR count). The highest BCUT2D eigenvalue weighted by Gasteiger charge is 2.06. The van der Waals surface area contributed by atoms with Crippen LogP contribution in [0.2, 0.25) is 0 Å². The Hall–Kier alpha value is -1.37. The SMILES string of the molecule is COCCCNc1ccc(F)cc1NCC(O)CO. The maximum Gasteiger partial charge on any atom is 0.125 e. The van der Waals surface area contributed by atoms with Gasteiger partial charge < -0.3 is 25.6 Å².